The molecule has 0 aromatic heterocycles. The molecule has 0 bridgehead atoms. The molecule has 1 heterocycles. The summed E-state index contributed by atoms with van der Waals surface area (Å²) < 4.78 is 0. The Bertz CT molecular complexity index is 622. The standard InChI is InChI=1S/C18H22N4/c1-14(2)11-16(12-19)18(20-3)22-10-9-21-13-17(22)15-7-5-4-6-8-15/h4-8,11,17,21H,1,9-10,13H2,2-3H3/b16-11-,20-18?. The molecule has 0 radical (unpaired) electrons. The third-order valence-corrected chi connectivity index (χ3v) is 3.66. The van der Waals surface area contributed by atoms with Crippen LogP contribution in [0.4, 0.5) is 0 Å². The number of aliphatic imine (C=N–C) groups is 1. The minimum atomic E-state index is 0.176. The molecule has 1 N–H and O–H groups in total. The van der Waals surface area contributed by atoms with Gasteiger partial charge in [0.15, 0.2) is 0 Å². The number of hydrogen-bond donors (Lipinski definition) is 1. The molecule has 0 amide bonds. The molecule has 1 aromatic carbocycles. The van der Waals surface area contributed by atoms with Crippen molar-refractivity contribution in [3.05, 3.63) is 59.7 Å². The van der Waals surface area contributed by atoms with Crippen molar-refractivity contribution >= 4 is 5.84 Å². The minimum absolute atomic E-state index is 0.176. The number of rotatable bonds is 3. The van der Waals surface area contributed by atoms with Gasteiger partial charge in [0.05, 0.1) is 11.6 Å². The molecule has 1 saturated heterocycles. The first kappa shape index (κ1) is 16.0. The van der Waals surface area contributed by atoms with E-state index in [4.69, 9.17) is 0 Å². The Kier molecular flexibility index (Phi) is 5.51. The zero-order valence-electron chi connectivity index (χ0n) is 13.2. The van der Waals surface area contributed by atoms with Gasteiger partial charge in [-0.05, 0) is 18.6 Å². The second kappa shape index (κ2) is 7.58. The quantitative estimate of drug-likeness (QED) is 0.403. The highest BCUT2D eigenvalue weighted by atomic mass is 15.3. The van der Waals surface area contributed by atoms with Crippen molar-refractivity contribution in [2.75, 3.05) is 26.7 Å². The van der Waals surface area contributed by atoms with E-state index >= 15 is 0 Å². The summed E-state index contributed by atoms with van der Waals surface area (Å²) in [7, 11) is 1.74. The normalized spacial score (nSPS) is 19.7. The average molecular weight is 294 g/mol. The number of nitrogens with one attached hydrogen (secondary N) is 1. The van der Waals surface area contributed by atoms with Crippen LogP contribution in [-0.4, -0.2) is 37.4 Å². The van der Waals surface area contributed by atoms with Crippen LogP contribution in [0.5, 0.6) is 0 Å². The summed E-state index contributed by atoms with van der Waals surface area (Å²) in [6.45, 7) is 8.30. The van der Waals surface area contributed by atoms with Gasteiger partial charge in [-0.2, -0.15) is 5.26 Å². The van der Waals surface area contributed by atoms with Crippen molar-refractivity contribution in [3.8, 4) is 6.07 Å². The van der Waals surface area contributed by atoms with Crippen molar-refractivity contribution in [1.29, 1.82) is 5.26 Å². The van der Waals surface area contributed by atoms with E-state index in [0.29, 0.717) is 5.57 Å². The third-order valence-electron chi connectivity index (χ3n) is 3.66. The zero-order valence-corrected chi connectivity index (χ0v) is 13.2. The summed E-state index contributed by atoms with van der Waals surface area (Å²) in [5.74, 6) is 0.737. The van der Waals surface area contributed by atoms with Crippen LogP contribution in [0, 0.1) is 11.3 Å². The molecule has 4 nitrogen and oxygen atoms in total. The molecule has 2 rings (SSSR count). The summed E-state index contributed by atoms with van der Waals surface area (Å²) in [5, 5.41) is 12.9. The Balaban J connectivity index is 2.38. The Labute approximate surface area is 132 Å². The minimum Gasteiger partial charge on any atom is -0.346 e. The van der Waals surface area contributed by atoms with E-state index in [1.807, 2.05) is 25.1 Å². The Hall–Kier alpha value is -2.38. The number of nitriles is 1. The van der Waals surface area contributed by atoms with Gasteiger partial charge in [-0.1, -0.05) is 42.5 Å². The van der Waals surface area contributed by atoms with Crippen LogP contribution in [0.1, 0.15) is 18.5 Å². The molecule has 1 aliphatic heterocycles. The second-order valence-electron chi connectivity index (χ2n) is 5.39. The molecule has 114 valence electrons. The third kappa shape index (κ3) is 3.63. The lowest BCUT2D eigenvalue weighted by atomic mass is 10.0. The lowest BCUT2D eigenvalue weighted by Crippen LogP contribution is -2.49. The van der Waals surface area contributed by atoms with Crippen molar-refractivity contribution in [1.82, 2.24) is 10.2 Å². The topological polar surface area (TPSA) is 51.4 Å². The van der Waals surface area contributed by atoms with Crippen LogP contribution >= 0.6 is 0 Å². The highest BCUT2D eigenvalue weighted by Crippen LogP contribution is 2.24. The molecule has 1 aromatic rings. The van der Waals surface area contributed by atoms with Gasteiger partial charge >= 0.3 is 0 Å². The predicted octanol–water partition coefficient (Wildman–Crippen LogP) is 2.69. The molecular formula is C18H22N4. The van der Waals surface area contributed by atoms with Gasteiger partial charge in [-0.25, -0.2) is 0 Å². The van der Waals surface area contributed by atoms with E-state index in [1.165, 1.54) is 5.56 Å². The average Bonchev–Trinajstić information content (AvgIpc) is 2.55. The van der Waals surface area contributed by atoms with Crippen molar-refractivity contribution in [2.45, 2.75) is 13.0 Å². The second-order valence-corrected chi connectivity index (χ2v) is 5.39. The number of amidine groups is 1. The highest BCUT2D eigenvalue weighted by Gasteiger charge is 2.27. The number of hydrogen-bond acceptors (Lipinski definition) is 3. The van der Waals surface area contributed by atoms with Crippen LogP contribution in [0.15, 0.2) is 59.1 Å². The van der Waals surface area contributed by atoms with Gasteiger partial charge in [0.2, 0.25) is 0 Å². The predicted molar refractivity (Wildman–Crippen MR) is 90.6 cm³/mol. The first-order valence-corrected chi connectivity index (χ1v) is 7.44. The smallest absolute Gasteiger partial charge is 0.142 e. The van der Waals surface area contributed by atoms with E-state index in [2.05, 4.69) is 40.0 Å². The Morgan fingerprint density at radius 1 is 1.45 bits per heavy atom. The molecule has 1 atom stereocenters. The Morgan fingerprint density at radius 3 is 2.77 bits per heavy atom. The van der Waals surface area contributed by atoms with Crippen LogP contribution in [-0.2, 0) is 0 Å². The van der Waals surface area contributed by atoms with Gasteiger partial charge in [0.1, 0.15) is 11.9 Å². The summed E-state index contributed by atoms with van der Waals surface area (Å²) in [6.07, 6.45) is 1.80. The van der Waals surface area contributed by atoms with Gasteiger partial charge in [0.25, 0.3) is 0 Å². The maximum Gasteiger partial charge on any atom is 0.142 e. The van der Waals surface area contributed by atoms with Crippen LogP contribution < -0.4 is 5.32 Å². The monoisotopic (exact) mass is 294 g/mol. The van der Waals surface area contributed by atoms with E-state index in [9.17, 15) is 5.26 Å². The molecule has 0 aliphatic carbocycles. The van der Waals surface area contributed by atoms with Gasteiger partial charge in [-0.3, -0.25) is 4.99 Å². The molecule has 1 aliphatic rings. The number of benzene rings is 1. The van der Waals surface area contributed by atoms with E-state index in [0.717, 1.165) is 31.0 Å². The molecule has 4 heteroatoms. The molecule has 0 saturated carbocycles. The van der Waals surface area contributed by atoms with E-state index in [1.54, 1.807) is 13.1 Å². The van der Waals surface area contributed by atoms with Gasteiger partial charge in [0, 0.05) is 26.7 Å². The fraction of sp³-hybridized carbons (Fsp3) is 0.333. The number of allylic oxidation sites excluding steroid dienone is 2. The SMILES string of the molecule is C=C(C)/C=C(/C#N)C(=NC)N1CCNCC1c1ccccc1. The first-order chi connectivity index (χ1) is 10.7. The zero-order chi connectivity index (χ0) is 15.9. The van der Waals surface area contributed by atoms with Crippen molar-refractivity contribution < 1.29 is 0 Å². The van der Waals surface area contributed by atoms with Crippen LogP contribution in [0.25, 0.3) is 0 Å². The van der Waals surface area contributed by atoms with E-state index in [-0.39, 0.29) is 6.04 Å². The Morgan fingerprint density at radius 2 is 2.18 bits per heavy atom. The lowest BCUT2D eigenvalue weighted by Gasteiger charge is -2.38. The molecule has 22 heavy (non-hydrogen) atoms. The van der Waals surface area contributed by atoms with Crippen LogP contribution in [0.3, 0.4) is 0 Å². The summed E-state index contributed by atoms with van der Waals surface area (Å²) in [4.78, 5) is 6.61. The lowest BCUT2D eigenvalue weighted by molar-refractivity contribution is 0.261. The fourth-order valence-electron chi connectivity index (χ4n) is 2.73. The highest BCUT2D eigenvalue weighted by molar-refractivity contribution is 6.02. The molecule has 1 unspecified atom stereocenters. The molecule has 0 spiro atoms. The molecular weight excluding hydrogens is 272 g/mol. The fourth-order valence-corrected chi connectivity index (χ4v) is 2.73. The van der Waals surface area contributed by atoms with Crippen molar-refractivity contribution in [2.24, 2.45) is 4.99 Å². The molecule has 1 fully saturated rings. The van der Waals surface area contributed by atoms with Crippen molar-refractivity contribution in [3.63, 3.8) is 0 Å². The summed E-state index contributed by atoms with van der Waals surface area (Å²) in [6, 6.07) is 12.8. The maximum absolute atomic E-state index is 9.48. The first-order valence-electron chi connectivity index (χ1n) is 7.44. The van der Waals surface area contributed by atoms with Gasteiger partial charge in [-0.15, -0.1) is 0 Å². The van der Waals surface area contributed by atoms with Crippen LogP contribution in [0.2, 0.25) is 0 Å². The van der Waals surface area contributed by atoms with Gasteiger partial charge < -0.3 is 10.2 Å². The summed E-state index contributed by atoms with van der Waals surface area (Å²) >= 11 is 0. The number of nitrogens with zero attached hydrogens (tertiary/aromatic N) is 3. The number of piperazine rings is 1. The maximum atomic E-state index is 9.48. The summed E-state index contributed by atoms with van der Waals surface area (Å²) in [5.41, 5.74) is 2.64. The largest absolute Gasteiger partial charge is 0.346 e. The van der Waals surface area contributed by atoms with E-state index < -0.39 is 0 Å².